The van der Waals surface area contributed by atoms with Crippen molar-refractivity contribution in [1.82, 2.24) is 4.90 Å². The van der Waals surface area contributed by atoms with Gasteiger partial charge in [0.2, 0.25) is 0 Å². The van der Waals surface area contributed by atoms with Crippen LogP contribution in [0.1, 0.15) is 5.56 Å². The molecule has 2 nitrogen and oxygen atoms in total. The highest BCUT2D eigenvalue weighted by Gasteiger charge is 2.00. The minimum Gasteiger partial charge on any atom is -0.399 e. The summed E-state index contributed by atoms with van der Waals surface area (Å²) in [6.07, 6.45) is 5.22. The van der Waals surface area contributed by atoms with Crippen LogP contribution in [0.5, 0.6) is 0 Å². The first-order valence-corrected chi connectivity index (χ1v) is 5.08. The molecule has 0 radical (unpaired) electrons. The SMILES string of the molecule is C#CCN(C)Cc1cc(N)cc(Br)c1. The van der Waals surface area contributed by atoms with Crippen molar-refractivity contribution in [2.24, 2.45) is 0 Å². The Labute approximate surface area is 93.2 Å². The third-order valence-corrected chi connectivity index (χ3v) is 2.25. The van der Waals surface area contributed by atoms with Crippen molar-refractivity contribution in [1.29, 1.82) is 0 Å². The van der Waals surface area contributed by atoms with Crippen LogP contribution in [-0.4, -0.2) is 18.5 Å². The fraction of sp³-hybridized carbons (Fsp3) is 0.273. The maximum Gasteiger partial charge on any atom is 0.0599 e. The van der Waals surface area contributed by atoms with E-state index in [4.69, 9.17) is 12.2 Å². The van der Waals surface area contributed by atoms with Crippen LogP contribution in [-0.2, 0) is 6.54 Å². The number of rotatable bonds is 3. The lowest BCUT2D eigenvalue weighted by molar-refractivity contribution is 0.369. The van der Waals surface area contributed by atoms with Gasteiger partial charge in [-0.3, -0.25) is 4.90 Å². The summed E-state index contributed by atoms with van der Waals surface area (Å²) < 4.78 is 1.00. The molecule has 2 N–H and O–H groups in total. The van der Waals surface area contributed by atoms with E-state index in [2.05, 4.69) is 26.8 Å². The summed E-state index contributed by atoms with van der Waals surface area (Å²) >= 11 is 3.40. The zero-order valence-corrected chi connectivity index (χ0v) is 9.71. The molecule has 0 fully saturated rings. The van der Waals surface area contributed by atoms with Crippen LogP contribution in [0.25, 0.3) is 0 Å². The van der Waals surface area contributed by atoms with Gasteiger partial charge in [-0.15, -0.1) is 6.42 Å². The lowest BCUT2D eigenvalue weighted by Gasteiger charge is -2.13. The van der Waals surface area contributed by atoms with Crippen molar-refractivity contribution >= 4 is 21.6 Å². The second-order valence-corrected chi connectivity index (χ2v) is 4.18. The van der Waals surface area contributed by atoms with E-state index in [0.29, 0.717) is 6.54 Å². The van der Waals surface area contributed by atoms with Gasteiger partial charge in [-0.1, -0.05) is 21.9 Å². The number of hydrogen-bond donors (Lipinski definition) is 1. The largest absolute Gasteiger partial charge is 0.399 e. The summed E-state index contributed by atoms with van der Waals surface area (Å²) in [5.41, 5.74) is 7.65. The highest BCUT2D eigenvalue weighted by atomic mass is 79.9. The van der Waals surface area contributed by atoms with Crippen molar-refractivity contribution in [3.8, 4) is 12.3 Å². The topological polar surface area (TPSA) is 29.3 Å². The Hall–Kier alpha value is -0.980. The Kier molecular flexibility index (Phi) is 3.99. The molecule has 0 amide bonds. The number of nitrogens with two attached hydrogens (primary N) is 1. The first-order valence-electron chi connectivity index (χ1n) is 4.29. The Balaban J connectivity index is 2.72. The predicted molar refractivity (Wildman–Crippen MR) is 63.7 cm³/mol. The Morgan fingerprint density at radius 3 is 2.79 bits per heavy atom. The maximum atomic E-state index is 5.72. The molecule has 0 aliphatic heterocycles. The fourth-order valence-corrected chi connectivity index (χ4v) is 1.85. The molecular formula is C11H13BrN2. The molecule has 0 aromatic heterocycles. The Morgan fingerprint density at radius 1 is 1.50 bits per heavy atom. The summed E-state index contributed by atoms with van der Waals surface area (Å²) in [6.45, 7) is 1.46. The van der Waals surface area contributed by atoms with Gasteiger partial charge in [-0.2, -0.15) is 0 Å². The molecule has 0 heterocycles. The smallest absolute Gasteiger partial charge is 0.0599 e. The van der Waals surface area contributed by atoms with Gasteiger partial charge in [0.25, 0.3) is 0 Å². The van der Waals surface area contributed by atoms with E-state index in [0.717, 1.165) is 22.3 Å². The summed E-state index contributed by atoms with van der Waals surface area (Å²) in [6, 6.07) is 5.88. The third-order valence-electron chi connectivity index (χ3n) is 1.79. The molecule has 0 unspecified atom stereocenters. The summed E-state index contributed by atoms with van der Waals surface area (Å²) in [4.78, 5) is 2.06. The molecule has 14 heavy (non-hydrogen) atoms. The molecule has 1 rings (SSSR count). The summed E-state index contributed by atoms with van der Waals surface area (Å²) in [5, 5.41) is 0. The monoisotopic (exact) mass is 252 g/mol. The zero-order valence-electron chi connectivity index (χ0n) is 8.13. The molecule has 1 aromatic carbocycles. The molecule has 0 saturated carbocycles. The van der Waals surface area contributed by atoms with Gasteiger partial charge < -0.3 is 5.73 Å². The van der Waals surface area contributed by atoms with Crippen molar-refractivity contribution in [2.75, 3.05) is 19.3 Å². The molecule has 0 aliphatic rings. The van der Waals surface area contributed by atoms with Crippen LogP contribution in [0, 0.1) is 12.3 Å². The van der Waals surface area contributed by atoms with Gasteiger partial charge in [0, 0.05) is 16.7 Å². The minimum atomic E-state index is 0.645. The van der Waals surface area contributed by atoms with E-state index in [1.165, 1.54) is 0 Å². The van der Waals surface area contributed by atoms with E-state index in [-0.39, 0.29) is 0 Å². The van der Waals surface area contributed by atoms with Crippen LogP contribution >= 0.6 is 15.9 Å². The zero-order chi connectivity index (χ0) is 10.6. The number of anilines is 1. The third kappa shape index (κ3) is 3.41. The van der Waals surface area contributed by atoms with Crippen LogP contribution in [0.4, 0.5) is 5.69 Å². The Morgan fingerprint density at radius 2 is 2.21 bits per heavy atom. The first kappa shape index (κ1) is 11.1. The number of hydrogen-bond acceptors (Lipinski definition) is 2. The Bertz CT molecular complexity index is 335. The fourth-order valence-electron chi connectivity index (χ4n) is 1.29. The van der Waals surface area contributed by atoms with Gasteiger partial charge in [0.1, 0.15) is 0 Å². The lowest BCUT2D eigenvalue weighted by Crippen LogP contribution is -2.17. The van der Waals surface area contributed by atoms with Crippen molar-refractivity contribution in [3.63, 3.8) is 0 Å². The van der Waals surface area contributed by atoms with E-state index in [1.807, 2.05) is 25.2 Å². The maximum absolute atomic E-state index is 5.72. The molecule has 0 saturated heterocycles. The van der Waals surface area contributed by atoms with Crippen molar-refractivity contribution < 1.29 is 0 Å². The molecule has 3 heteroatoms. The number of nitrogen functional groups attached to an aromatic ring is 1. The number of halogens is 1. The van der Waals surface area contributed by atoms with E-state index >= 15 is 0 Å². The predicted octanol–water partition coefficient (Wildman–Crippen LogP) is 2.10. The molecule has 0 spiro atoms. The van der Waals surface area contributed by atoms with Crippen LogP contribution in [0.3, 0.4) is 0 Å². The highest BCUT2D eigenvalue weighted by Crippen LogP contribution is 2.18. The minimum absolute atomic E-state index is 0.645. The lowest BCUT2D eigenvalue weighted by atomic mass is 10.2. The average Bonchev–Trinajstić information content (AvgIpc) is 2.01. The quantitative estimate of drug-likeness (QED) is 0.660. The van der Waals surface area contributed by atoms with E-state index in [1.54, 1.807) is 0 Å². The van der Waals surface area contributed by atoms with E-state index in [9.17, 15) is 0 Å². The second kappa shape index (κ2) is 5.04. The van der Waals surface area contributed by atoms with Gasteiger partial charge in [0.05, 0.1) is 6.54 Å². The summed E-state index contributed by atoms with van der Waals surface area (Å²) in [7, 11) is 1.98. The molecular weight excluding hydrogens is 240 g/mol. The first-order chi connectivity index (χ1) is 6.61. The number of nitrogens with zero attached hydrogens (tertiary/aromatic N) is 1. The van der Waals surface area contributed by atoms with Crippen LogP contribution in [0.2, 0.25) is 0 Å². The normalized spacial score (nSPS) is 10.1. The molecule has 1 aromatic rings. The number of terminal acetylenes is 1. The summed E-state index contributed by atoms with van der Waals surface area (Å²) in [5.74, 6) is 2.60. The van der Waals surface area contributed by atoms with Gasteiger partial charge in [-0.05, 0) is 30.8 Å². The second-order valence-electron chi connectivity index (χ2n) is 3.27. The van der Waals surface area contributed by atoms with Gasteiger partial charge in [0.15, 0.2) is 0 Å². The van der Waals surface area contributed by atoms with Crippen molar-refractivity contribution in [2.45, 2.75) is 6.54 Å². The van der Waals surface area contributed by atoms with Crippen LogP contribution < -0.4 is 5.73 Å². The molecule has 74 valence electrons. The van der Waals surface area contributed by atoms with Gasteiger partial charge in [-0.25, -0.2) is 0 Å². The molecule has 0 atom stereocenters. The standard InChI is InChI=1S/C11H13BrN2/c1-3-4-14(2)8-9-5-10(12)7-11(13)6-9/h1,5-7H,4,8,13H2,2H3. The van der Waals surface area contributed by atoms with E-state index < -0.39 is 0 Å². The number of benzene rings is 1. The van der Waals surface area contributed by atoms with Gasteiger partial charge >= 0.3 is 0 Å². The molecule has 0 aliphatic carbocycles. The van der Waals surface area contributed by atoms with Crippen LogP contribution in [0.15, 0.2) is 22.7 Å². The average molecular weight is 253 g/mol. The highest BCUT2D eigenvalue weighted by molar-refractivity contribution is 9.10. The van der Waals surface area contributed by atoms with Crippen molar-refractivity contribution in [3.05, 3.63) is 28.2 Å². The molecule has 0 bridgehead atoms.